The third-order valence-corrected chi connectivity index (χ3v) is 11.4. The number of benzene rings is 9. The van der Waals surface area contributed by atoms with Crippen molar-refractivity contribution in [1.29, 1.82) is 0 Å². The summed E-state index contributed by atoms with van der Waals surface area (Å²) in [5.41, 5.74) is 17.4. The molecule has 9 aromatic carbocycles. The van der Waals surface area contributed by atoms with Crippen LogP contribution in [0.5, 0.6) is 0 Å². The Balaban J connectivity index is 0.999. The van der Waals surface area contributed by atoms with Crippen LogP contribution in [-0.2, 0) is 6.54 Å². The summed E-state index contributed by atoms with van der Waals surface area (Å²) < 4.78 is 2.45. The van der Waals surface area contributed by atoms with Crippen LogP contribution in [0.3, 0.4) is 0 Å². The van der Waals surface area contributed by atoms with Gasteiger partial charge in [0.15, 0.2) is 0 Å². The van der Waals surface area contributed by atoms with E-state index in [2.05, 4.69) is 216 Å². The Morgan fingerprint density at radius 1 is 0.309 bits per heavy atom. The van der Waals surface area contributed by atoms with Gasteiger partial charge in [-0.3, -0.25) is 0 Å². The van der Waals surface area contributed by atoms with Crippen LogP contribution in [0.15, 0.2) is 206 Å². The van der Waals surface area contributed by atoms with E-state index < -0.39 is 0 Å². The Morgan fingerprint density at radius 3 is 1.73 bits per heavy atom. The zero-order valence-electron chi connectivity index (χ0n) is 30.2. The molecule has 1 aromatic heterocycles. The minimum Gasteiger partial charge on any atom is -0.336 e. The Labute approximate surface area is 320 Å². The van der Waals surface area contributed by atoms with Gasteiger partial charge in [-0.2, -0.15) is 0 Å². The molecule has 0 radical (unpaired) electrons. The minimum absolute atomic E-state index is 0.820. The maximum Gasteiger partial charge on any atom is 0.0541 e. The van der Waals surface area contributed by atoms with Gasteiger partial charge in [-0.05, 0) is 98.4 Å². The Bertz CT molecular complexity index is 3050. The summed E-state index contributed by atoms with van der Waals surface area (Å²) in [6.45, 7) is 0.820. The highest BCUT2D eigenvalue weighted by molar-refractivity contribution is 6.12. The van der Waals surface area contributed by atoms with Crippen LogP contribution in [0.2, 0.25) is 0 Å². The zero-order valence-corrected chi connectivity index (χ0v) is 30.2. The van der Waals surface area contributed by atoms with Gasteiger partial charge in [-0.25, -0.2) is 0 Å². The first-order valence-corrected chi connectivity index (χ1v) is 19.0. The van der Waals surface area contributed by atoms with Gasteiger partial charge < -0.3 is 9.47 Å². The highest BCUT2D eigenvalue weighted by atomic mass is 15.1. The van der Waals surface area contributed by atoms with Crippen molar-refractivity contribution in [3.8, 4) is 50.2 Å². The average molecular weight is 701 g/mol. The van der Waals surface area contributed by atoms with Crippen LogP contribution in [-0.4, -0.2) is 4.57 Å². The molecule has 55 heavy (non-hydrogen) atoms. The van der Waals surface area contributed by atoms with Crippen molar-refractivity contribution in [2.75, 3.05) is 4.90 Å². The number of fused-ring (bicyclic) bond motifs is 7. The Hall–Kier alpha value is -7.16. The van der Waals surface area contributed by atoms with Gasteiger partial charge in [0.05, 0.1) is 16.7 Å². The molecule has 2 heteroatoms. The Morgan fingerprint density at radius 2 is 0.909 bits per heavy atom. The van der Waals surface area contributed by atoms with E-state index >= 15 is 0 Å². The largest absolute Gasteiger partial charge is 0.336 e. The van der Waals surface area contributed by atoms with Crippen molar-refractivity contribution >= 4 is 44.0 Å². The lowest BCUT2D eigenvalue weighted by atomic mass is 9.89. The molecule has 2 nitrogen and oxygen atoms in total. The van der Waals surface area contributed by atoms with Gasteiger partial charge >= 0.3 is 0 Å². The summed E-state index contributed by atoms with van der Waals surface area (Å²) in [5.74, 6) is 0. The molecule has 1 aliphatic heterocycles. The molecule has 258 valence electrons. The maximum absolute atomic E-state index is 2.45. The zero-order chi connectivity index (χ0) is 36.3. The van der Waals surface area contributed by atoms with Crippen molar-refractivity contribution in [1.82, 2.24) is 4.57 Å². The van der Waals surface area contributed by atoms with E-state index in [1.165, 1.54) is 99.7 Å². The predicted octanol–water partition coefficient (Wildman–Crippen LogP) is 14.3. The van der Waals surface area contributed by atoms with Crippen molar-refractivity contribution in [3.05, 3.63) is 212 Å². The molecule has 0 spiro atoms. The van der Waals surface area contributed by atoms with Gasteiger partial charge in [0.2, 0.25) is 0 Å². The first-order valence-electron chi connectivity index (χ1n) is 19.0. The second-order valence-corrected chi connectivity index (χ2v) is 14.5. The highest BCUT2D eigenvalue weighted by Crippen LogP contribution is 2.45. The molecule has 0 atom stereocenters. The third kappa shape index (κ3) is 5.18. The molecule has 2 heterocycles. The molecule has 1 aliphatic rings. The van der Waals surface area contributed by atoms with Crippen LogP contribution in [0.1, 0.15) is 5.56 Å². The fourth-order valence-electron chi connectivity index (χ4n) is 8.79. The molecule has 0 aliphatic carbocycles. The summed E-state index contributed by atoms with van der Waals surface area (Å²) in [6, 6.07) is 75.4. The predicted molar refractivity (Wildman–Crippen MR) is 232 cm³/mol. The smallest absolute Gasteiger partial charge is 0.0541 e. The third-order valence-electron chi connectivity index (χ3n) is 11.4. The quantitative estimate of drug-likeness (QED) is 0.174. The van der Waals surface area contributed by atoms with E-state index in [9.17, 15) is 0 Å². The first-order chi connectivity index (χ1) is 27.3. The minimum atomic E-state index is 0.820. The molecule has 0 unspecified atom stereocenters. The van der Waals surface area contributed by atoms with Crippen molar-refractivity contribution < 1.29 is 0 Å². The molecule has 0 amide bonds. The van der Waals surface area contributed by atoms with Gasteiger partial charge in [0, 0.05) is 39.6 Å². The monoisotopic (exact) mass is 700 g/mol. The molecule has 0 saturated heterocycles. The summed E-state index contributed by atoms with van der Waals surface area (Å²) in [4.78, 5) is 2.45. The number of anilines is 2. The molecule has 0 N–H and O–H groups in total. The molecule has 0 fully saturated rings. The van der Waals surface area contributed by atoms with Crippen LogP contribution in [0.4, 0.5) is 11.4 Å². The molecule has 11 rings (SSSR count). The number of aromatic nitrogens is 1. The summed E-state index contributed by atoms with van der Waals surface area (Å²) in [5, 5.41) is 5.01. The topological polar surface area (TPSA) is 8.17 Å². The summed E-state index contributed by atoms with van der Waals surface area (Å²) in [7, 11) is 0. The van der Waals surface area contributed by atoms with E-state index in [-0.39, 0.29) is 0 Å². The van der Waals surface area contributed by atoms with E-state index in [1.54, 1.807) is 0 Å². The van der Waals surface area contributed by atoms with Crippen LogP contribution in [0, 0.1) is 0 Å². The number of rotatable bonds is 5. The van der Waals surface area contributed by atoms with E-state index in [4.69, 9.17) is 0 Å². The maximum atomic E-state index is 2.45. The van der Waals surface area contributed by atoms with E-state index in [0.29, 0.717) is 0 Å². The fourth-order valence-corrected chi connectivity index (χ4v) is 8.79. The molecule has 10 aromatic rings. The van der Waals surface area contributed by atoms with Gasteiger partial charge in [0.25, 0.3) is 0 Å². The average Bonchev–Trinajstić information content (AvgIpc) is 3.59. The number of hydrogen-bond acceptors (Lipinski definition) is 1. The van der Waals surface area contributed by atoms with Crippen LogP contribution in [0.25, 0.3) is 82.8 Å². The van der Waals surface area contributed by atoms with E-state index in [1.807, 2.05) is 0 Å². The van der Waals surface area contributed by atoms with Crippen LogP contribution < -0.4 is 4.90 Å². The standard InChI is InChI=1S/C53H36N2/c1-3-13-36(14-4-1)37-25-28-42(29-26-37)54-35-41-24-23-39(33-48(41)46-19-9-11-21-50(46)54)40-27-31-53-49(34-40)47-20-10-12-22-51(47)55(53)52-32-30-43(38-15-5-2-6-16-38)44-17-7-8-18-45(44)52/h1-34H,35H2. The van der Waals surface area contributed by atoms with Gasteiger partial charge in [-0.15, -0.1) is 0 Å². The van der Waals surface area contributed by atoms with Crippen molar-refractivity contribution in [3.63, 3.8) is 0 Å². The molecule has 0 bridgehead atoms. The normalized spacial score (nSPS) is 12.3. The second-order valence-electron chi connectivity index (χ2n) is 14.5. The van der Waals surface area contributed by atoms with Crippen molar-refractivity contribution in [2.24, 2.45) is 0 Å². The molecule has 0 saturated carbocycles. The number of para-hydroxylation sites is 2. The molecular formula is C53H36N2. The number of nitrogens with zero attached hydrogens (tertiary/aromatic N) is 2. The van der Waals surface area contributed by atoms with Gasteiger partial charge in [-0.1, -0.05) is 158 Å². The summed E-state index contributed by atoms with van der Waals surface area (Å²) >= 11 is 0. The lowest BCUT2D eigenvalue weighted by Gasteiger charge is -2.33. The second kappa shape index (κ2) is 12.8. The Kier molecular flexibility index (Phi) is 7.28. The lowest BCUT2D eigenvalue weighted by Crippen LogP contribution is -2.21. The van der Waals surface area contributed by atoms with Crippen molar-refractivity contribution in [2.45, 2.75) is 6.54 Å². The highest BCUT2D eigenvalue weighted by Gasteiger charge is 2.24. The van der Waals surface area contributed by atoms with E-state index in [0.717, 1.165) is 6.54 Å². The fraction of sp³-hybridized carbons (Fsp3) is 0.0189. The van der Waals surface area contributed by atoms with Crippen LogP contribution >= 0.6 is 0 Å². The number of hydrogen-bond donors (Lipinski definition) is 0. The molecular weight excluding hydrogens is 665 g/mol. The SMILES string of the molecule is c1ccc(-c2ccc(N3Cc4ccc(-c5ccc6c(c5)c5ccccc5n6-c5ccc(-c6ccccc6)c6ccccc56)cc4-c4ccccc43)cc2)cc1. The summed E-state index contributed by atoms with van der Waals surface area (Å²) in [6.07, 6.45) is 0. The van der Waals surface area contributed by atoms with Gasteiger partial charge in [0.1, 0.15) is 0 Å². The first kappa shape index (κ1) is 31.4. The lowest BCUT2D eigenvalue weighted by molar-refractivity contribution is 0.961.